The highest BCUT2D eigenvalue weighted by Crippen LogP contribution is 2.24. The lowest BCUT2D eigenvalue weighted by molar-refractivity contribution is 0.215. The molecule has 1 fully saturated rings. The van der Waals surface area contributed by atoms with Crippen LogP contribution in [0.15, 0.2) is 47.6 Å². The number of rotatable bonds is 4. The van der Waals surface area contributed by atoms with Crippen LogP contribution in [0.5, 0.6) is 5.75 Å². The molecule has 1 unspecified atom stereocenters. The molecular formula is C15H14F2N2O3S. The molecule has 0 aliphatic carbocycles. The third kappa shape index (κ3) is 3.32. The molecule has 8 heteroatoms. The SMILES string of the molecule is O=S(=O)(c1ccc(F)c(F)c1)N1CCC(Oc2ccncc2)C1. The summed E-state index contributed by atoms with van der Waals surface area (Å²) in [4.78, 5) is 3.61. The average molecular weight is 340 g/mol. The highest BCUT2D eigenvalue weighted by atomic mass is 32.2. The summed E-state index contributed by atoms with van der Waals surface area (Å²) >= 11 is 0. The maximum absolute atomic E-state index is 13.3. The zero-order chi connectivity index (χ0) is 16.4. The van der Waals surface area contributed by atoms with Crippen molar-refractivity contribution in [1.29, 1.82) is 0 Å². The van der Waals surface area contributed by atoms with Gasteiger partial charge in [0.05, 0.1) is 11.4 Å². The number of pyridine rings is 1. The van der Waals surface area contributed by atoms with E-state index in [0.717, 1.165) is 12.1 Å². The summed E-state index contributed by atoms with van der Waals surface area (Å²) in [5, 5.41) is 0. The molecule has 0 N–H and O–H groups in total. The monoisotopic (exact) mass is 340 g/mol. The van der Waals surface area contributed by atoms with Crippen molar-refractivity contribution in [2.45, 2.75) is 17.4 Å². The van der Waals surface area contributed by atoms with Crippen molar-refractivity contribution in [2.24, 2.45) is 0 Å². The van der Waals surface area contributed by atoms with E-state index in [1.807, 2.05) is 0 Å². The third-order valence-corrected chi connectivity index (χ3v) is 5.45. The Labute approximate surface area is 132 Å². The van der Waals surface area contributed by atoms with Crippen LogP contribution >= 0.6 is 0 Å². The Balaban J connectivity index is 1.73. The van der Waals surface area contributed by atoms with Crippen LogP contribution in [0, 0.1) is 11.6 Å². The molecule has 2 aromatic rings. The number of hydrogen-bond acceptors (Lipinski definition) is 4. The average Bonchev–Trinajstić information content (AvgIpc) is 3.00. The maximum atomic E-state index is 13.3. The van der Waals surface area contributed by atoms with Crippen LogP contribution in [0.3, 0.4) is 0 Å². The Hall–Kier alpha value is -2.06. The first-order chi connectivity index (χ1) is 11.0. The number of ether oxygens (including phenoxy) is 1. The quantitative estimate of drug-likeness (QED) is 0.856. The van der Waals surface area contributed by atoms with Crippen LogP contribution in [0.25, 0.3) is 0 Å². The molecule has 0 spiro atoms. The Morgan fingerprint density at radius 2 is 1.87 bits per heavy atom. The van der Waals surface area contributed by atoms with Crippen molar-refractivity contribution < 1.29 is 21.9 Å². The van der Waals surface area contributed by atoms with E-state index in [-0.39, 0.29) is 24.1 Å². The smallest absolute Gasteiger partial charge is 0.243 e. The highest BCUT2D eigenvalue weighted by molar-refractivity contribution is 7.89. The van der Waals surface area contributed by atoms with Crippen LogP contribution in [-0.4, -0.2) is 36.9 Å². The standard InChI is InChI=1S/C15H14F2N2O3S/c16-14-2-1-13(9-15(14)17)23(20,21)19-8-5-12(10-19)22-11-3-6-18-7-4-11/h1-4,6-7,9,12H,5,8,10H2. The fraction of sp³-hybridized carbons (Fsp3) is 0.267. The lowest BCUT2D eigenvalue weighted by Gasteiger charge is -2.17. The van der Waals surface area contributed by atoms with Crippen molar-refractivity contribution >= 4 is 10.0 Å². The second-order valence-corrected chi connectivity index (χ2v) is 7.09. The molecule has 23 heavy (non-hydrogen) atoms. The Kier molecular flexibility index (Phi) is 4.27. The topological polar surface area (TPSA) is 59.5 Å². The van der Waals surface area contributed by atoms with E-state index in [9.17, 15) is 17.2 Å². The largest absolute Gasteiger partial charge is 0.489 e. The van der Waals surface area contributed by atoms with Crippen LogP contribution in [0.2, 0.25) is 0 Å². The van der Waals surface area contributed by atoms with E-state index in [1.54, 1.807) is 24.5 Å². The third-order valence-electron chi connectivity index (χ3n) is 3.59. The Morgan fingerprint density at radius 1 is 1.13 bits per heavy atom. The summed E-state index contributed by atoms with van der Waals surface area (Å²) in [5.74, 6) is -1.66. The first-order valence-corrected chi connectivity index (χ1v) is 8.43. The van der Waals surface area contributed by atoms with Gasteiger partial charge in [-0.3, -0.25) is 4.98 Å². The zero-order valence-electron chi connectivity index (χ0n) is 12.0. The van der Waals surface area contributed by atoms with E-state index in [0.29, 0.717) is 18.2 Å². The lowest BCUT2D eigenvalue weighted by Crippen LogP contribution is -2.31. The normalized spacial score (nSPS) is 19.0. The van der Waals surface area contributed by atoms with Crippen molar-refractivity contribution in [3.63, 3.8) is 0 Å². The summed E-state index contributed by atoms with van der Waals surface area (Å²) in [7, 11) is -3.87. The predicted molar refractivity (Wildman–Crippen MR) is 78.4 cm³/mol. The molecule has 1 saturated heterocycles. The molecule has 1 aromatic heterocycles. The summed E-state index contributed by atoms with van der Waals surface area (Å²) < 4.78 is 58.1. The number of halogens is 2. The molecule has 2 heterocycles. The molecule has 1 atom stereocenters. The molecule has 0 saturated carbocycles. The van der Waals surface area contributed by atoms with E-state index >= 15 is 0 Å². The Bertz CT molecular complexity index is 800. The molecule has 122 valence electrons. The maximum Gasteiger partial charge on any atom is 0.243 e. The van der Waals surface area contributed by atoms with Gasteiger partial charge in [-0.05, 0) is 36.8 Å². The first kappa shape index (κ1) is 15.8. The minimum absolute atomic E-state index is 0.156. The van der Waals surface area contributed by atoms with E-state index < -0.39 is 21.7 Å². The van der Waals surface area contributed by atoms with Crippen molar-refractivity contribution in [1.82, 2.24) is 9.29 Å². The molecule has 0 bridgehead atoms. The molecule has 1 aliphatic rings. The van der Waals surface area contributed by atoms with Gasteiger partial charge < -0.3 is 4.74 Å². The second-order valence-electron chi connectivity index (χ2n) is 5.15. The van der Waals surface area contributed by atoms with Crippen LogP contribution in [0.4, 0.5) is 8.78 Å². The summed E-state index contributed by atoms with van der Waals surface area (Å²) in [6.07, 6.45) is 3.39. The number of hydrogen-bond donors (Lipinski definition) is 0. The molecule has 3 rings (SSSR count). The minimum atomic E-state index is -3.87. The van der Waals surface area contributed by atoms with Gasteiger partial charge in [0.25, 0.3) is 0 Å². The van der Waals surface area contributed by atoms with E-state index in [1.165, 1.54) is 4.31 Å². The molecule has 0 radical (unpaired) electrons. The molecule has 1 aliphatic heterocycles. The van der Waals surface area contributed by atoms with Gasteiger partial charge >= 0.3 is 0 Å². The number of nitrogens with zero attached hydrogens (tertiary/aromatic N) is 2. The molecular weight excluding hydrogens is 326 g/mol. The van der Waals surface area contributed by atoms with Gasteiger partial charge in [0.1, 0.15) is 11.9 Å². The van der Waals surface area contributed by atoms with Gasteiger partial charge in [-0.2, -0.15) is 4.31 Å². The van der Waals surface area contributed by atoms with Gasteiger partial charge in [-0.1, -0.05) is 0 Å². The predicted octanol–water partition coefficient (Wildman–Crippen LogP) is 2.20. The van der Waals surface area contributed by atoms with E-state index in [4.69, 9.17) is 4.74 Å². The van der Waals surface area contributed by atoms with Crippen LogP contribution in [-0.2, 0) is 10.0 Å². The molecule has 1 aromatic carbocycles. The Morgan fingerprint density at radius 3 is 2.57 bits per heavy atom. The van der Waals surface area contributed by atoms with Gasteiger partial charge in [0.15, 0.2) is 11.6 Å². The van der Waals surface area contributed by atoms with Crippen LogP contribution in [0.1, 0.15) is 6.42 Å². The number of sulfonamides is 1. The number of aromatic nitrogens is 1. The van der Waals surface area contributed by atoms with Gasteiger partial charge in [0.2, 0.25) is 10.0 Å². The zero-order valence-corrected chi connectivity index (χ0v) is 12.8. The summed E-state index contributed by atoms with van der Waals surface area (Å²) in [5.41, 5.74) is 0. The second kappa shape index (κ2) is 6.21. The summed E-state index contributed by atoms with van der Waals surface area (Å²) in [6, 6.07) is 5.94. The van der Waals surface area contributed by atoms with Crippen molar-refractivity contribution in [2.75, 3.05) is 13.1 Å². The summed E-state index contributed by atoms with van der Waals surface area (Å²) in [6.45, 7) is 0.417. The highest BCUT2D eigenvalue weighted by Gasteiger charge is 2.34. The molecule has 5 nitrogen and oxygen atoms in total. The first-order valence-electron chi connectivity index (χ1n) is 6.99. The van der Waals surface area contributed by atoms with Gasteiger partial charge in [-0.15, -0.1) is 0 Å². The van der Waals surface area contributed by atoms with Gasteiger partial charge in [-0.25, -0.2) is 17.2 Å². The fourth-order valence-electron chi connectivity index (χ4n) is 2.41. The fourth-order valence-corrected chi connectivity index (χ4v) is 3.91. The van der Waals surface area contributed by atoms with Crippen molar-refractivity contribution in [3.05, 3.63) is 54.4 Å². The minimum Gasteiger partial charge on any atom is -0.489 e. The van der Waals surface area contributed by atoms with Crippen molar-refractivity contribution in [3.8, 4) is 5.75 Å². The number of benzene rings is 1. The van der Waals surface area contributed by atoms with E-state index in [2.05, 4.69) is 4.98 Å². The van der Waals surface area contributed by atoms with Crippen LogP contribution < -0.4 is 4.74 Å². The lowest BCUT2D eigenvalue weighted by atomic mass is 10.3. The molecule has 0 amide bonds. The van der Waals surface area contributed by atoms with Gasteiger partial charge in [0, 0.05) is 18.9 Å².